The first-order valence-corrected chi connectivity index (χ1v) is 7.83. The van der Waals surface area contributed by atoms with Gasteiger partial charge in [-0.3, -0.25) is 4.98 Å². The topological polar surface area (TPSA) is 104 Å². The predicted octanol–water partition coefficient (Wildman–Crippen LogP) is -0.591. The van der Waals surface area contributed by atoms with Crippen LogP contribution < -0.4 is 10.5 Å². The molecule has 1 aliphatic rings. The smallest absolute Gasteiger partial charge is 0.242 e. The highest BCUT2D eigenvalue weighted by atomic mass is 32.2. The van der Waals surface area contributed by atoms with Crippen LogP contribution in [0.25, 0.3) is 0 Å². The first kappa shape index (κ1) is 15.3. The number of hydrogen-bond donors (Lipinski definition) is 2. The van der Waals surface area contributed by atoms with Gasteiger partial charge in [-0.25, -0.2) is 13.1 Å². The van der Waals surface area contributed by atoms with Crippen LogP contribution in [0.2, 0.25) is 0 Å². The second kappa shape index (κ2) is 6.55. The quantitative estimate of drug-likeness (QED) is 0.700. The van der Waals surface area contributed by atoms with Crippen molar-refractivity contribution in [2.24, 2.45) is 5.73 Å². The zero-order chi connectivity index (χ0) is 14.6. The summed E-state index contributed by atoms with van der Waals surface area (Å²) in [4.78, 5) is 4.07. The lowest BCUT2D eigenvalue weighted by molar-refractivity contribution is -0.0846. The summed E-state index contributed by atoms with van der Waals surface area (Å²) in [7, 11) is -3.63. The summed E-state index contributed by atoms with van der Waals surface area (Å²) in [5, 5.41) is 0. The fraction of sp³-hybridized carbons (Fsp3) is 0.455. The summed E-state index contributed by atoms with van der Waals surface area (Å²) in [5.41, 5.74) is 5.78. The van der Waals surface area contributed by atoms with Gasteiger partial charge in [0.15, 0.2) is 0 Å². The van der Waals surface area contributed by atoms with Crippen LogP contribution in [0.3, 0.4) is 0 Å². The number of ether oxygens (including phenoxy) is 2. The molecular formula is C11H15N3O4S2. The molecule has 1 atom stereocenters. The van der Waals surface area contributed by atoms with Gasteiger partial charge < -0.3 is 15.2 Å². The number of nitrogens with one attached hydrogen (secondary N) is 1. The predicted molar refractivity (Wildman–Crippen MR) is 75.9 cm³/mol. The van der Waals surface area contributed by atoms with E-state index in [1.165, 1.54) is 18.3 Å². The minimum absolute atomic E-state index is 0.0502. The molecule has 0 spiro atoms. The van der Waals surface area contributed by atoms with Crippen LogP contribution in [0.5, 0.6) is 0 Å². The number of nitrogens with zero attached hydrogens (tertiary/aromatic N) is 1. The summed E-state index contributed by atoms with van der Waals surface area (Å²) in [5.74, 6) is 0. The third kappa shape index (κ3) is 3.93. The van der Waals surface area contributed by atoms with Crippen molar-refractivity contribution in [2.45, 2.75) is 11.0 Å². The maximum Gasteiger partial charge on any atom is 0.242 e. The molecule has 0 saturated carbocycles. The lowest BCUT2D eigenvalue weighted by atomic mass is 10.3. The number of nitrogens with two attached hydrogens (primary N) is 1. The van der Waals surface area contributed by atoms with E-state index in [1.54, 1.807) is 0 Å². The SMILES string of the molecule is NC(=S)c1ccc(S(=O)(=O)NCC2COCCO2)cn1. The van der Waals surface area contributed by atoms with Crippen LogP contribution in [-0.4, -0.2) is 50.9 Å². The van der Waals surface area contributed by atoms with Crippen LogP contribution in [0.15, 0.2) is 23.2 Å². The zero-order valence-electron chi connectivity index (χ0n) is 10.6. The van der Waals surface area contributed by atoms with Gasteiger partial charge in [-0.2, -0.15) is 0 Å². The number of hydrogen-bond acceptors (Lipinski definition) is 6. The van der Waals surface area contributed by atoms with Gasteiger partial charge in [0.2, 0.25) is 10.0 Å². The van der Waals surface area contributed by atoms with Crippen LogP contribution in [0, 0.1) is 0 Å². The van der Waals surface area contributed by atoms with Crippen LogP contribution in [-0.2, 0) is 19.5 Å². The molecule has 0 bridgehead atoms. The van der Waals surface area contributed by atoms with E-state index < -0.39 is 10.0 Å². The Kier molecular flexibility index (Phi) is 5.00. The standard InChI is InChI=1S/C11H15N3O4S2/c12-11(19)10-2-1-9(6-13-10)20(15,16)14-5-8-7-17-3-4-18-8/h1-2,6,8,14H,3-5,7H2,(H2,12,19). The molecule has 0 aliphatic carbocycles. The van der Waals surface area contributed by atoms with Crippen molar-refractivity contribution in [1.82, 2.24) is 9.71 Å². The van der Waals surface area contributed by atoms with Gasteiger partial charge in [-0.1, -0.05) is 12.2 Å². The molecule has 1 aromatic heterocycles. The molecule has 1 saturated heterocycles. The van der Waals surface area contributed by atoms with Gasteiger partial charge in [0.05, 0.1) is 31.6 Å². The van der Waals surface area contributed by atoms with Crippen molar-refractivity contribution in [3.8, 4) is 0 Å². The summed E-state index contributed by atoms with van der Waals surface area (Å²) in [6.45, 7) is 1.53. The summed E-state index contributed by atoms with van der Waals surface area (Å²) < 4.78 is 37.1. The molecule has 110 valence electrons. The molecular weight excluding hydrogens is 302 g/mol. The van der Waals surface area contributed by atoms with Crippen molar-refractivity contribution in [3.63, 3.8) is 0 Å². The normalized spacial score (nSPS) is 19.7. The number of pyridine rings is 1. The third-order valence-electron chi connectivity index (χ3n) is 2.69. The molecule has 1 fully saturated rings. The molecule has 1 aromatic rings. The largest absolute Gasteiger partial charge is 0.388 e. The van der Waals surface area contributed by atoms with Crippen LogP contribution >= 0.6 is 12.2 Å². The second-order valence-corrected chi connectivity index (χ2v) is 6.37. The lowest BCUT2D eigenvalue weighted by Crippen LogP contribution is -2.39. The maximum absolute atomic E-state index is 12.0. The minimum Gasteiger partial charge on any atom is -0.388 e. The van der Waals surface area contributed by atoms with E-state index in [0.29, 0.717) is 25.5 Å². The van der Waals surface area contributed by atoms with Crippen LogP contribution in [0.4, 0.5) is 0 Å². The highest BCUT2D eigenvalue weighted by Crippen LogP contribution is 2.08. The van der Waals surface area contributed by atoms with Crippen molar-refractivity contribution in [2.75, 3.05) is 26.4 Å². The summed E-state index contributed by atoms with van der Waals surface area (Å²) >= 11 is 4.76. The Labute approximate surface area is 122 Å². The Morgan fingerprint density at radius 1 is 1.50 bits per heavy atom. The fourth-order valence-corrected chi connectivity index (χ4v) is 2.76. The van der Waals surface area contributed by atoms with Crippen LogP contribution in [0.1, 0.15) is 5.69 Å². The van der Waals surface area contributed by atoms with E-state index >= 15 is 0 Å². The van der Waals surface area contributed by atoms with Crippen molar-refractivity contribution in [1.29, 1.82) is 0 Å². The molecule has 0 aromatic carbocycles. The molecule has 1 aliphatic heterocycles. The molecule has 3 N–H and O–H groups in total. The van der Waals surface area contributed by atoms with Gasteiger partial charge in [-0.15, -0.1) is 0 Å². The van der Waals surface area contributed by atoms with Gasteiger partial charge in [0.25, 0.3) is 0 Å². The average molecular weight is 317 g/mol. The second-order valence-electron chi connectivity index (χ2n) is 4.16. The zero-order valence-corrected chi connectivity index (χ0v) is 12.2. The van der Waals surface area contributed by atoms with Gasteiger partial charge in [-0.05, 0) is 12.1 Å². The van der Waals surface area contributed by atoms with E-state index in [4.69, 9.17) is 27.4 Å². The first-order valence-electron chi connectivity index (χ1n) is 5.94. The molecule has 1 unspecified atom stereocenters. The third-order valence-corrected chi connectivity index (χ3v) is 4.30. The van der Waals surface area contributed by atoms with Gasteiger partial charge in [0.1, 0.15) is 9.88 Å². The average Bonchev–Trinajstić information content (AvgIpc) is 2.46. The van der Waals surface area contributed by atoms with Crippen molar-refractivity contribution in [3.05, 3.63) is 24.0 Å². The molecule has 0 amide bonds. The van der Waals surface area contributed by atoms with Gasteiger partial charge in [0, 0.05) is 12.7 Å². The molecule has 2 heterocycles. The number of rotatable bonds is 5. The Morgan fingerprint density at radius 2 is 2.30 bits per heavy atom. The molecule has 20 heavy (non-hydrogen) atoms. The maximum atomic E-state index is 12.0. The molecule has 2 rings (SSSR count). The summed E-state index contributed by atoms with van der Waals surface area (Å²) in [6.07, 6.45) is 0.942. The Morgan fingerprint density at radius 3 is 2.85 bits per heavy atom. The number of sulfonamides is 1. The van der Waals surface area contributed by atoms with Crippen molar-refractivity contribution >= 4 is 27.2 Å². The Bertz CT molecular complexity index is 568. The molecule has 9 heteroatoms. The molecule has 7 nitrogen and oxygen atoms in total. The monoisotopic (exact) mass is 317 g/mol. The number of aromatic nitrogens is 1. The van der Waals surface area contributed by atoms with E-state index in [1.807, 2.05) is 0 Å². The van der Waals surface area contributed by atoms with Crippen molar-refractivity contribution < 1.29 is 17.9 Å². The minimum atomic E-state index is -3.63. The Hall–Kier alpha value is -1.13. The van der Waals surface area contributed by atoms with E-state index in [2.05, 4.69) is 9.71 Å². The number of thiocarbonyl (C=S) groups is 1. The fourth-order valence-electron chi connectivity index (χ4n) is 1.63. The van der Waals surface area contributed by atoms with E-state index in [0.717, 1.165) is 0 Å². The van der Waals surface area contributed by atoms with Gasteiger partial charge >= 0.3 is 0 Å². The highest BCUT2D eigenvalue weighted by molar-refractivity contribution is 7.89. The highest BCUT2D eigenvalue weighted by Gasteiger charge is 2.20. The first-order chi connectivity index (χ1) is 9.49. The lowest BCUT2D eigenvalue weighted by Gasteiger charge is -2.23. The Balaban J connectivity index is 2.00. The van der Waals surface area contributed by atoms with E-state index in [-0.39, 0.29) is 22.5 Å². The summed E-state index contributed by atoms with van der Waals surface area (Å²) in [6, 6.07) is 2.87. The van der Waals surface area contributed by atoms with E-state index in [9.17, 15) is 8.42 Å². The molecule has 0 radical (unpaired) electrons.